The van der Waals surface area contributed by atoms with Gasteiger partial charge in [-0.05, 0) is 49.2 Å². The highest BCUT2D eigenvalue weighted by Gasteiger charge is 2.29. The van der Waals surface area contributed by atoms with Crippen LogP contribution >= 0.6 is 0 Å². The van der Waals surface area contributed by atoms with Crippen molar-refractivity contribution in [2.45, 2.75) is 25.2 Å². The van der Waals surface area contributed by atoms with Crippen molar-refractivity contribution < 1.29 is 22.7 Å². The largest absolute Gasteiger partial charge is 0.378 e. The van der Waals surface area contributed by atoms with Crippen LogP contribution in [-0.2, 0) is 26.0 Å². The molecule has 1 aliphatic heterocycles. The van der Waals surface area contributed by atoms with E-state index < -0.39 is 22.5 Å². The van der Waals surface area contributed by atoms with E-state index in [4.69, 9.17) is 4.74 Å². The highest BCUT2D eigenvalue weighted by atomic mass is 32.2. The highest BCUT2D eigenvalue weighted by molar-refractivity contribution is 7.92. The first kappa shape index (κ1) is 26.4. The average molecular weight is 522 g/mol. The zero-order chi connectivity index (χ0) is 26.4. The first-order valence-electron chi connectivity index (χ1n) is 12.2. The van der Waals surface area contributed by atoms with Crippen molar-refractivity contribution in [2.24, 2.45) is 0 Å². The molecule has 1 heterocycles. The average Bonchev–Trinajstić information content (AvgIpc) is 2.92. The molecule has 3 aromatic rings. The molecule has 1 fully saturated rings. The van der Waals surface area contributed by atoms with Gasteiger partial charge in [0.2, 0.25) is 5.91 Å². The van der Waals surface area contributed by atoms with Crippen molar-refractivity contribution in [1.29, 1.82) is 0 Å². The first-order valence-corrected chi connectivity index (χ1v) is 13.7. The van der Waals surface area contributed by atoms with Gasteiger partial charge in [-0.1, -0.05) is 55.0 Å². The minimum absolute atomic E-state index is 0.0969. The van der Waals surface area contributed by atoms with Crippen LogP contribution in [0.5, 0.6) is 0 Å². The molecule has 1 aliphatic rings. The van der Waals surface area contributed by atoms with E-state index in [9.17, 15) is 18.0 Å². The lowest BCUT2D eigenvalue weighted by atomic mass is 10.1. The molecule has 37 heavy (non-hydrogen) atoms. The quantitative estimate of drug-likeness (QED) is 0.486. The van der Waals surface area contributed by atoms with Crippen LogP contribution in [0.25, 0.3) is 0 Å². The van der Waals surface area contributed by atoms with Gasteiger partial charge in [-0.3, -0.25) is 13.9 Å². The Morgan fingerprint density at radius 3 is 2.30 bits per heavy atom. The normalized spacial score (nSPS) is 13.7. The summed E-state index contributed by atoms with van der Waals surface area (Å²) < 4.78 is 34.0. The number of morpholine rings is 1. The zero-order valence-corrected chi connectivity index (χ0v) is 21.8. The molecule has 0 aromatic heterocycles. The fraction of sp³-hybridized carbons (Fsp3) is 0.286. The Hall–Kier alpha value is -3.69. The zero-order valence-electron chi connectivity index (χ0n) is 21.0. The van der Waals surface area contributed by atoms with Gasteiger partial charge in [0.25, 0.3) is 15.9 Å². The summed E-state index contributed by atoms with van der Waals surface area (Å²) in [6.45, 7) is 5.22. The molecule has 0 atom stereocenters. The van der Waals surface area contributed by atoms with Crippen LogP contribution in [0, 0.1) is 6.92 Å². The maximum atomic E-state index is 13.8. The maximum Gasteiger partial charge on any atom is 0.264 e. The molecule has 1 N–H and O–H groups in total. The van der Waals surface area contributed by atoms with Gasteiger partial charge in [0, 0.05) is 13.1 Å². The molecular weight excluding hydrogens is 490 g/mol. The van der Waals surface area contributed by atoms with Gasteiger partial charge in [0.15, 0.2) is 0 Å². The van der Waals surface area contributed by atoms with Crippen LogP contribution < -0.4 is 9.62 Å². The predicted molar refractivity (Wildman–Crippen MR) is 143 cm³/mol. The summed E-state index contributed by atoms with van der Waals surface area (Å²) >= 11 is 0. The standard InChI is InChI=1S/C28H31N3O5S/c1-3-22-8-4-7-11-26(22)31(37(34,35)23-14-12-21(2)13-15-23)20-27(32)29-25-10-6-5-9-24(25)28(33)30-16-18-36-19-17-30/h4-15H,3,16-20H2,1-2H3,(H,29,32). The Morgan fingerprint density at radius 2 is 1.59 bits per heavy atom. The number of carbonyl (C=O) groups is 2. The van der Waals surface area contributed by atoms with Gasteiger partial charge in [0.05, 0.1) is 35.0 Å². The van der Waals surface area contributed by atoms with Crippen molar-refractivity contribution in [3.05, 3.63) is 89.5 Å². The van der Waals surface area contributed by atoms with Gasteiger partial charge in [-0.2, -0.15) is 0 Å². The number of ether oxygens (including phenoxy) is 1. The minimum Gasteiger partial charge on any atom is -0.378 e. The van der Waals surface area contributed by atoms with E-state index in [0.717, 1.165) is 15.4 Å². The number of anilines is 2. The Bertz CT molecular complexity index is 1370. The molecule has 2 amide bonds. The smallest absolute Gasteiger partial charge is 0.264 e. The van der Waals surface area contributed by atoms with Crippen molar-refractivity contribution in [1.82, 2.24) is 4.90 Å². The number of rotatable bonds is 8. The lowest BCUT2D eigenvalue weighted by molar-refractivity contribution is -0.114. The van der Waals surface area contributed by atoms with E-state index in [-0.39, 0.29) is 10.8 Å². The Balaban J connectivity index is 1.64. The summed E-state index contributed by atoms with van der Waals surface area (Å²) in [6, 6.07) is 20.4. The third-order valence-corrected chi connectivity index (χ3v) is 8.04. The third kappa shape index (κ3) is 6.00. The number of hydrogen-bond acceptors (Lipinski definition) is 5. The number of nitrogens with one attached hydrogen (secondary N) is 1. The van der Waals surface area contributed by atoms with Crippen molar-refractivity contribution in [2.75, 3.05) is 42.5 Å². The van der Waals surface area contributed by atoms with E-state index in [0.29, 0.717) is 49.7 Å². The van der Waals surface area contributed by atoms with E-state index in [1.165, 1.54) is 0 Å². The summed E-state index contributed by atoms with van der Waals surface area (Å²) in [7, 11) is -4.05. The van der Waals surface area contributed by atoms with Crippen molar-refractivity contribution in [3.63, 3.8) is 0 Å². The summed E-state index contributed by atoms with van der Waals surface area (Å²) in [5.41, 5.74) is 2.85. The van der Waals surface area contributed by atoms with Crippen LogP contribution in [0.2, 0.25) is 0 Å². The van der Waals surface area contributed by atoms with Crippen molar-refractivity contribution in [3.8, 4) is 0 Å². The second kappa shape index (κ2) is 11.6. The van der Waals surface area contributed by atoms with Crippen LogP contribution in [0.15, 0.2) is 77.7 Å². The highest BCUT2D eigenvalue weighted by Crippen LogP contribution is 2.28. The SMILES string of the molecule is CCc1ccccc1N(CC(=O)Nc1ccccc1C(=O)N1CCOCC1)S(=O)(=O)c1ccc(C)cc1. The fourth-order valence-corrected chi connectivity index (χ4v) is 5.68. The number of sulfonamides is 1. The van der Waals surface area contributed by atoms with E-state index in [1.54, 1.807) is 65.6 Å². The van der Waals surface area contributed by atoms with Gasteiger partial charge in [0.1, 0.15) is 6.54 Å². The van der Waals surface area contributed by atoms with E-state index in [1.807, 2.05) is 26.0 Å². The molecule has 9 heteroatoms. The Labute approximate surface area is 217 Å². The third-order valence-electron chi connectivity index (χ3n) is 6.27. The molecule has 0 spiro atoms. The van der Waals surface area contributed by atoms with Crippen LogP contribution in [0.1, 0.15) is 28.4 Å². The van der Waals surface area contributed by atoms with E-state index >= 15 is 0 Å². The summed E-state index contributed by atoms with van der Waals surface area (Å²) in [6.07, 6.45) is 0.592. The predicted octanol–water partition coefficient (Wildman–Crippen LogP) is 3.86. The van der Waals surface area contributed by atoms with Gasteiger partial charge in [-0.15, -0.1) is 0 Å². The van der Waals surface area contributed by atoms with Gasteiger partial charge >= 0.3 is 0 Å². The van der Waals surface area contributed by atoms with Crippen LogP contribution in [0.4, 0.5) is 11.4 Å². The molecule has 0 unspecified atom stereocenters. The molecule has 0 radical (unpaired) electrons. The lowest BCUT2D eigenvalue weighted by Crippen LogP contribution is -2.41. The molecule has 0 bridgehead atoms. The lowest BCUT2D eigenvalue weighted by Gasteiger charge is -2.28. The molecule has 3 aromatic carbocycles. The number of para-hydroxylation sites is 2. The Morgan fingerprint density at radius 1 is 0.946 bits per heavy atom. The molecule has 0 saturated carbocycles. The number of nitrogens with zero attached hydrogens (tertiary/aromatic N) is 2. The monoisotopic (exact) mass is 521 g/mol. The number of amides is 2. The summed E-state index contributed by atoms with van der Waals surface area (Å²) in [4.78, 5) is 28.2. The number of hydrogen-bond donors (Lipinski definition) is 1. The van der Waals surface area contributed by atoms with Crippen LogP contribution in [0.3, 0.4) is 0 Å². The summed E-state index contributed by atoms with van der Waals surface area (Å²) in [5.74, 6) is -0.761. The topological polar surface area (TPSA) is 96.0 Å². The van der Waals surface area contributed by atoms with Gasteiger partial charge < -0.3 is 15.0 Å². The number of aryl methyl sites for hydroxylation is 2. The van der Waals surface area contributed by atoms with E-state index in [2.05, 4.69) is 5.32 Å². The summed E-state index contributed by atoms with van der Waals surface area (Å²) in [5, 5.41) is 2.78. The van der Waals surface area contributed by atoms with Crippen LogP contribution in [-0.4, -0.2) is 58.0 Å². The second-order valence-corrected chi connectivity index (χ2v) is 10.7. The first-order chi connectivity index (χ1) is 17.8. The second-order valence-electron chi connectivity index (χ2n) is 8.81. The maximum absolute atomic E-state index is 13.8. The molecule has 8 nitrogen and oxygen atoms in total. The van der Waals surface area contributed by atoms with Crippen molar-refractivity contribution >= 4 is 33.2 Å². The molecule has 0 aliphatic carbocycles. The van der Waals surface area contributed by atoms with Gasteiger partial charge in [-0.25, -0.2) is 8.42 Å². The molecule has 1 saturated heterocycles. The molecule has 4 rings (SSSR count). The fourth-order valence-electron chi connectivity index (χ4n) is 4.23. The number of carbonyl (C=O) groups excluding carboxylic acids is 2. The minimum atomic E-state index is -4.05. The molecular formula is C28H31N3O5S. The Kier molecular flexibility index (Phi) is 8.25. The molecule has 194 valence electrons. The number of benzene rings is 3.